The molecule has 0 spiro atoms. The Morgan fingerprint density at radius 2 is 1.43 bits per heavy atom. The second kappa shape index (κ2) is 18.1. The van der Waals surface area contributed by atoms with Crippen molar-refractivity contribution in [2.45, 2.75) is 0 Å². The Hall–Kier alpha value is -0.575. The predicted molar refractivity (Wildman–Crippen MR) is 29.8 cm³/mol. The van der Waals surface area contributed by atoms with E-state index in [2.05, 4.69) is 19.2 Å². The van der Waals surface area contributed by atoms with Gasteiger partial charge in [-0.15, -0.1) is 12.4 Å². The van der Waals surface area contributed by atoms with Gasteiger partial charge < -0.3 is 11.5 Å². The fourth-order valence-electron chi connectivity index (χ4n) is 0. The van der Waals surface area contributed by atoms with Crippen LogP contribution in [0, 0.1) is 5.41 Å². The van der Waals surface area contributed by atoms with Crippen LogP contribution in [0.4, 0.5) is 0 Å². The van der Waals surface area contributed by atoms with Gasteiger partial charge in [-0.05, 0) is 0 Å². The van der Waals surface area contributed by atoms with Gasteiger partial charge in [-0.2, -0.15) is 0 Å². The summed E-state index contributed by atoms with van der Waals surface area (Å²) in [5.74, 6) is -0.333. The zero-order valence-electron chi connectivity index (χ0n) is 3.55. The topological polar surface area (TPSA) is 93.0 Å². The van der Waals surface area contributed by atoms with Gasteiger partial charge in [0.1, 0.15) is 0 Å². The number of hydrogen-bond acceptors (Lipinski definition) is 2. The average molecular weight is 122 g/mol. The number of halogens is 1. The van der Waals surface area contributed by atoms with Crippen molar-refractivity contribution in [1.82, 2.24) is 0 Å². The molecule has 4 nitrogen and oxygen atoms in total. The van der Waals surface area contributed by atoms with Crippen LogP contribution < -0.4 is 11.5 Å². The van der Waals surface area contributed by atoms with Gasteiger partial charge in [0.2, 0.25) is 0 Å². The molecule has 0 atom stereocenters. The van der Waals surface area contributed by atoms with Crippen LogP contribution in [-0.4, -0.2) is 13.7 Å². The molecule has 1 radical (unpaired) electrons. The van der Waals surface area contributed by atoms with Crippen molar-refractivity contribution in [3.05, 3.63) is 0 Å². The van der Waals surface area contributed by atoms with E-state index in [0.717, 1.165) is 0 Å². The van der Waals surface area contributed by atoms with Crippen LogP contribution in [0.25, 0.3) is 0 Å². The van der Waals surface area contributed by atoms with Crippen molar-refractivity contribution in [2.24, 2.45) is 11.5 Å². The van der Waals surface area contributed by atoms with Crippen molar-refractivity contribution in [3.8, 4) is 0 Å². The van der Waals surface area contributed by atoms with Gasteiger partial charge in [-0.25, -0.2) is 0 Å². The molecule has 0 aliphatic heterocycles. The summed E-state index contributed by atoms with van der Waals surface area (Å²) in [6, 6.07) is 0. The van der Waals surface area contributed by atoms with Crippen molar-refractivity contribution in [2.75, 3.05) is 0 Å². The molecule has 0 aliphatic rings. The molecule has 0 unspecified atom stereocenters. The second-order valence-electron chi connectivity index (χ2n) is 0.455. The average Bonchev–Trinajstić information content (AvgIpc) is 1.41. The summed E-state index contributed by atoms with van der Waals surface area (Å²) >= 11 is 0. The van der Waals surface area contributed by atoms with E-state index in [0.29, 0.717) is 0 Å². The van der Waals surface area contributed by atoms with E-state index in [1.54, 1.807) is 0 Å². The van der Waals surface area contributed by atoms with E-state index in [4.69, 9.17) is 10.1 Å². The maximum absolute atomic E-state index is 7.75. The summed E-state index contributed by atoms with van der Waals surface area (Å²) < 4.78 is 7.75. The fourth-order valence-corrected chi connectivity index (χ4v) is 0. The van der Waals surface area contributed by atoms with E-state index >= 15 is 0 Å². The normalized spacial score (nSPS) is 3.86. The van der Waals surface area contributed by atoms with Crippen molar-refractivity contribution >= 4 is 26.1 Å². The first-order valence-electron chi connectivity index (χ1n) is 1.06. The number of nitrogens with one attached hydrogen (secondary N) is 1. The fraction of sp³-hybridized carbons (Fsp3) is 0. The molecule has 7 heavy (non-hydrogen) atoms. The summed E-state index contributed by atoms with van der Waals surface area (Å²) in [7, 11) is 3.25. The third-order valence-corrected chi connectivity index (χ3v) is 0. The molecule has 0 fully saturated rings. The Balaban J connectivity index is -0.0000000480. The summed E-state index contributed by atoms with van der Waals surface area (Å²) in [5, 5.41) is 6.06. The van der Waals surface area contributed by atoms with Crippen LogP contribution in [-0.2, 0) is 4.70 Å². The molecule has 0 aliphatic carbocycles. The molecule has 41 valence electrons. The van der Waals surface area contributed by atoms with Gasteiger partial charge in [-0.3, -0.25) is 5.41 Å². The molecule has 0 bridgehead atoms. The molecule has 0 rings (SSSR count). The Kier molecular flexibility index (Phi) is 41.6. The van der Waals surface area contributed by atoms with Gasteiger partial charge in [-0.1, -0.05) is 0 Å². The Bertz CT molecular complexity index is 46.2. The summed E-state index contributed by atoms with van der Waals surface area (Å²) in [4.78, 5) is 0. The molecule has 6 heteroatoms. The second-order valence-corrected chi connectivity index (χ2v) is 0.455. The van der Waals surface area contributed by atoms with E-state index in [9.17, 15) is 0 Å². The number of hydrogen-bond donors (Lipinski definition) is 3. The molecule has 0 aromatic heterocycles. The van der Waals surface area contributed by atoms with Crippen LogP contribution in [0.1, 0.15) is 0 Å². The summed E-state index contributed by atoms with van der Waals surface area (Å²) in [6.45, 7) is 0. The van der Waals surface area contributed by atoms with Gasteiger partial charge in [0.05, 0.1) is 0 Å². The Morgan fingerprint density at radius 3 is 1.43 bits per heavy atom. The zero-order chi connectivity index (χ0) is 5.58. The quantitative estimate of drug-likeness (QED) is 0.213. The third kappa shape index (κ3) is 192. The molecule has 0 amide bonds. The van der Waals surface area contributed by atoms with Crippen LogP contribution in [0.5, 0.6) is 0 Å². The number of guanidine groups is 1. The molecule has 0 heterocycles. The van der Waals surface area contributed by atoms with Crippen LogP contribution in [0.3, 0.4) is 0 Å². The minimum atomic E-state index is -0.333. The van der Waals surface area contributed by atoms with Crippen LogP contribution in [0.15, 0.2) is 0 Å². The van der Waals surface area contributed by atoms with E-state index in [1.165, 1.54) is 0 Å². The third-order valence-electron chi connectivity index (χ3n) is 0. The van der Waals surface area contributed by atoms with Crippen LogP contribution in [0.2, 0.25) is 0 Å². The Labute approximate surface area is 48.6 Å². The molecule has 0 saturated heterocycles. The first-order chi connectivity index (χ1) is 2.73. The molecule has 0 aromatic rings. The van der Waals surface area contributed by atoms with Crippen molar-refractivity contribution < 1.29 is 4.70 Å². The first kappa shape index (κ1) is 16.1. The summed E-state index contributed by atoms with van der Waals surface area (Å²) in [5.41, 5.74) is 8.94. The molecule has 0 aromatic carbocycles. The van der Waals surface area contributed by atoms with Crippen LogP contribution >= 0.6 is 12.4 Å². The monoisotopic (exact) mass is 122 g/mol. The predicted octanol–water partition coefficient (Wildman–Crippen LogP) is -1.24. The number of nitrogens with two attached hydrogens (primary N) is 2. The van der Waals surface area contributed by atoms with Crippen molar-refractivity contribution in [3.63, 3.8) is 0 Å². The van der Waals surface area contributed by atoms with Gasteiger partial charge in [0.15, 0.2) is 5.96 Å². The van der Waals surface area contributed by atoms with Gasteiger partial charge in [0, 0.05) is 0 Å². The molecule has 5 N–H and O–H groups in total. The molecular weight excluding hydrogens is 116 g/mol. The minimum absolute atomic E-state index is 0. The standard InChI is InChI=1S/CH5N3.BO.ClH/c2-1(3)4;1-2;/h(H5,2,3,4);;1H. The van der Waals surface area contributed by atoms with Gasteiger partial charge in [0.25, 0.3) is 0 Å². The molecular formula is CH6BClN3O. The van der Waals surface area contributed by atoms with E-state index in [-0.39, 0.29) is 18.4 Å². The number of rotatable bonds is 0. The van der Waals surface area contributed by atoms with E-state index in [1.807, 2.05) is 0 Å². The first-order valence-corrected chi connectivity index (χ1v) is 1.06. The van der Waals surface area contributed by atoms with E-state index < -0.39 is 0 Å². The Morgan fingerprint density at radius 1 is 1.43 bits per heavy atom. The molecule has 0 saturated carbocycles. The SMILES string of the molecule is Cl.N=C(N)N.[B]=O. The maximum atomic E-state index is 7.75. The zero-order valence-corrected chi connectivity index (χ0v) is 4.37. The summed E-state index contributed by atoms with van der Waals surface area (Å²) in [6.07, 6.45) is 0. The van der Waals surface area contributed by atoms with Crippen molar-refractivity contribution in [1.29, 1.82) is 5.41 Å². The van der Waals surface area contributed by atoms with Gasteiger partial charge >= 0.3 is 12.4 Å².